The molecule has 1 heterocycles. The van der Waals surface area contributed by atoms with Gasteiger partial charge in [0.25, 0.3) is 0 Å². The van der Waals surface area contributed by atoms with Gasteiger partial charge in [0, 0.05) is 11.4 Å². The third-order valence-electron chi connectivity index (χ3n) is 2.56. The molecule has 0 atom stereocenters. The van der Waals surface area contributed by atoms with E-state index in [4.69, 9.17) is 5.11 Å². The third-order valence-corrected chi connectivity index (χ3v) is 3.62. The predicted molar refractivity (Wildman–Crippen MR) is 70.6 cm³/mol. The van der Waals surface area contributed by atoms with Crippen LogP contribution in [-0.2, 0) is 6.54 Å². The number of rotatable bonds is 5. The van der Waals surface area contributed by atoms with Gasteiger partial charge in [-0.1, -0.05) is 13.0 Å². The number of aromatic amines is 1. The van der Waals surface area contributed by atoms with Gasteiger partial charge in [-0.25, -0.2) is 19.1 Å². The van der Waals surface area contributed by atoms with Crippen molar-refractivity contribution in [3.63, 3.8) is 0 Å². The zero-order valence-corrected chi connectivity index (χ0v) is 11.4. The van der Waals surface area contributed by atoms with Crippen molar-refractivity contribution in [1.29, 1.82) is 0 Å². The summed E-state index contributed by atoms with van der Waals surface area (Å²) in [5, 5.41) is 15.5. The molecule has 0 aliphatic carbocycles. The average Bonchev–Trinajstić information content (AvgIpc) is 2.72. The van der Waals surface area contributed by atoms with Crippen molar-refractivity contribution >= 4 is 17.7 Å². The van der Waals surface area contributed by atoms with Gasteiger partial charge in [-0.15, -0.1) is 5.10 Å². The van der Waals surface area contributed by atoms with Crippen molar-refractivity contribution in [3.8, 4) is 0 Å². The lowest BCUT2D eigenvalue weighted by atomic mass is 10.2. The number of halogens is 1. The molecule has 20 heavy (non-hydrogen) atoms. The minimum atomic E-state index is -1.36. The maximum absolute atomic E-state index is 13.6. The van der Waals surface area contributed by atoms with Gasteiger partial charge in [-0.3, -0.25) is 4.57 Å². The van der Waals surface area contributed by atoms with Gasteiger partial charge >= 0.3 is 11.7 Å². The fraction of sp³-hybridized carbons (Fsp3) is 0.250. The molecule has 0 amide bonds. The number of aromatic nitrogens is 3. The van der Waals surface area contributed by atoms with Crippen LogP contribution in [0.15, 0.2) is 33.0 Å². The first-order valence-corrected chi connectivity index (χ1v) is 6.71. The van der Waals surface area contributed by atoms with Crippen LogP contribution in [0.4, 0.5) is 4.39 Å². The van der Waals surface area contributed by atoms with E-state index in [1.807, 2.05) is 6.92 Å². The summed E-state index contributed by atoms with van der Waals surface area (Å²) in [6, 6.07) is 3.98. The number of benzene rings is 1. The van der Waals surface area contributed by atoms with Crippen molar-refractivity contribution in [3.05, 3.63) is 40.1 Å². The Kier molecular flexibility index (Phi) is 4.23. The lowest BCUT2D eigenvalue weighted by Crippen LogP contribution is -2.17. The Morgan fingerprint density at radius 1 is 1.55 bits per heavy atom. The number of aromatic carboxylic acids is 1. The monoisotopic (exact) mass is 297 g/mol. The largest absolute Gasteiger partial charge is 0.478 e. The summed E-state index contributed by atoms with van der Waals surface area (Å²) in [6.45, 7) is 2.36. The van der Waals surface area contributed by atoms with Crippen LogP contribution in [0.5, 0.6) is 0 Å². The summed E-state index contributed by atoms with van der Waals surface area (Å²) in [7, 11) is 0. The molecule has 1 aromatic carbocycles. The van der Waals surface area contributed by atoms with Gasteiger partial charge in [0.15, 0.2) is 5.16 Å². The number of hydrogen-bond donors (Lipinski definition) is 2. The Balaban J connectivity index is 2.43. The summed E-state index contributed by atoms with van der Waals surface area (Å²) in [6.07, 6.45) is 0.724. The average molecular weight is 297 g/mol. The number of H-pyrrole nitrogens is 1. The molecule has 106 valence electrons. The molecule has 0 bridgehead atoms. The topological polar surface area (TPSA) is 88.0 Å². The summed E-state index contributed by atoms with van der Waals surface area (Å²) in [5.41, 5.74) is -0.793. The zero-order valence-electron chi connectivity index (χ0n) is 10.6. The van der Waals surface area contributed by atoms with Crippen LogP contribution < -0.4 is 5.69 Å². The van der Waals surface area contributed by atoms with Crippen molar-refractivity contribution in [2.24, 2.45) is 0 Å². The molecular formula is C12H12FN3O3S. The van der Waals surface area contributed by atoms with Gasteiger partial charge in [0.2, 0.25) is 0 Å². The molecule has 0 radical (unpaired) electrons. The fourth-order valence-corrected chi connectivity index (χ4v) is 2.70. The van der Waals surface area contributed by atoms with Gasteiger partial charge < -0.3 is 5.11 Å². The molecule has 0 aliphatic rings. The van der Waals surface area contributed by atoms with Crippen molar-refractivity contribution in [2.45, 2.75) is 29.9 Å². The van der Waals surface area contributed by atoms with E-state index in [1.165, 1.54) is 16.7 Å². The summed E-state index contributed by atoms with van der Waals surface area (Å²) in [4.78, 5) is 22.8. The summed E-state index contributed by atoms with van der Waals surface area (Å²) >= 11 is 0.944. The highest BCUT2D eigenvalue weighted by Gasteiger charge is 2.19. The van der Waals surface area contributed by atoms with Gasteiger partial charge in [0.1, 0.15) is 11.4 Å². The van der Waals surface area contributed by atoms with Gasteiger partial charge in [-0.2, -0.15) is 0 Å². The van der Waals surface area contributed by atoms with Gasteiger partial charge in [0.05, 0.1) is 0 Å². The lowest BCUT2D eigenvalue weighted by molar-refractivity contribution is 0.0688. The normalized spacial score (nSPS) is 10.7. The van der Waals surface area contributed by atoms with Crippen molar-refractivity contribution < 1.29 is 14.3 Å². The maximum Gasteiger partial charge on any atom is 0.343 e. The summed E-state index contributed by atoms with van der Waals surface area (Å²) < 4.78 is 15.0. The minimum Gasteiger partial charge on any atom is -0.478 e. The Hall–Kier alpha value is -2.09. The first-order valence-electron chi connectivity index (χ1n) is 5.89. The highest BCUT2D eigenvalue weighted by Crippen LogP contribution is 2.29. The molecule has 2 rings (SSSR count). The van der Waals surface area contributed by atoms with E-state index in [0.29, 0.717) is 11.7 Å². The first kappa shape index (κ1) is 14.3. The van der Waals surface area contributed by atoms with Crippen molar-refractivity contribution in [2.75, 3.05) is 0 Å². The second-order valence-corrected chi connectivity index (χ2v) is 4.99. The molecule has 8 heteroatoms. The maximum atomic E-state index is 13.6. The number of hydrogen-bond acceptors (Lipinski definition) is 4. The van der Waals surface area contributed by atoms with Gasteiger partial charge in [-0.05, 0) is 30.3 Å². The smallest absolute Gasteiger partial charge is 0.343 e. The van der Waals surface area contributed by atoms with E-state index < -0.39 is 17.3 Å². The number of nitrogens with zero attached hydrogens (tertiary/aromatic N) is 2. The van der Waals surface area contributed by atoms with Crippen LogP contribution in [0, 0.1) is 5.82 Å². The Labute approximate surface area is 117 Å². The Morgan fingerprint density at radius 2 is 2.30 bits per heavy atom. The fourth-order valence-electron chi connectivity index (χ4n) is 1.70. The van der Waals surface area contributed by atoms with E-state index in [-0.39, 0.29) is 10.6 Å². The quantitative estimate of drug-likeness (QED) is 0.881. The SMILES string of the molecule is CCCn1c(Sc2cccc(F)c2C(=O)O)n[nH]c1=O. The molecule has 2 N–H and O–H groups in total. The molecule has 0 saturated carbocycles. The highest BCUT2D eigenvalue weighted by molar-refractivity contribution is 7.99. The first-order chi connectivity index (χ1) is 9.54. The Bertz CT molecular complexity index is 695. The van der Waals surface area contributed by atoms with E-state index in [0.717, 1.165) is 24.2 Å². The van der Waals surface area contributed by atoms with Crippen LogP contribution in [0.1, 0.15) is 23.7 Å². The molecule has 1 aromatic heterocycles. The predicted octanol–water partition coefficient (Wildman–Crippen LogP) is 1.97. The summed E-state index contributed by atoms with van der Waals surface area (Å²) in [5.74, 6) is -2.17. The van der Waals surface area contributed by atoms with Crippen LogP contribution in [0.2, 0.25) is 0 Å². The van der Waals surface area contributed by atoms with E-state index >= 15 is 0 Å². The molecule has 0 unspecified atom stereocenters. The van der Waals surface area contributed by atoms with E-state index in [2.05, 4.69) is 10.2 Å². The number of carbonyl (C=O) groups is 1. The molecule has 0 fully saturated rings. The van der Waals surface area contributed by atoms with Crippen LogP contribution >= 0.6 is 11.8 Å². The molecule has 0 saturated heterocycles. The number of carboxylic acid groups (broad SMARTS) is 1. The molecule has 6 nitrogen and oxygen atoms in total. The lowest BCUT2D eigenvalue weighted by Gasteiger charge is -2.07. The minimum absolute atomic E-state index is 0.203. The number of nitrogens with one attached hydrogen (secondary N) is 1. The molecule has 0 spiro atoms. The molecule has 2 aromatic rings. The second-order valence-electron chi connectivity index (χ2n) is 3.98. The second kappa shape index (κ2) is 5.91. The van der Waals surface area contributed by atoms with Crippen LogP contribution in [0.25, 0.3) is 0 Å². The highest BCUT2D eigenvalue weighted by atomic mass is 32.2. The molecule has 0 aliphatic heterocycles. The van der Waals surface area contributed by atoms with E-state index in [1.54, 1.807) is 0 Å². The molecular weight excluding hydrogens is 285 g/mol. The standard InChI is InChI=1S/C12H12FN3O3S/c1-2-6-16-11(19)14-15-12(16)20-8-5-3-4-7(13)9(8)10(17)18/h3-5H,2,6H2,1H3,(H,14,19)(H,17,18). The Morgan fingerprint density at radius 3 is 2.95 bits per heavy atom. The van der Waals surface area contributed by atoms with E-state index in [9.17, 15) is 14.0 Å². The van der Waals surface area contributed by atoms with Crippen LogP contribution in [0.3, 0.4) is 0 Å². The third kappa shape index (κ3) is 2.74. The van der Waals surface area contributed by atoms with Crippen molar-refractivity contribution in [1.82, 2.24) is 14.8 Å². The van der Waals surface area contributed by atoms with Crippen LogP contribution in [-0.4, -0.2) is 25.8 Å². The number of carboxylic acids is 1. The zero-order chi connectivity index (χ0) is 14.7.